The number of rotatable bonds is 2. The third-order valence-electron chi connectivity index (χ3n) is 2.11. The quantitative estimate of drug-likeness (QED) is 0.221. The van der Waals surface area contributed by atoms with Crippen molar-refractivity contribution in [2.75, 3.05) is 0 Å². The van der Waals surface area contributed by atoms with Gasteiger partial charge in [-0.3, -0.25) is 4.55 Å². The Balaban J connectivity index is 0.00000289. The van der Waals surface area contributed by atoms with E-state index in [1.54, 1.807) is 26.8 Å². The first-order valence-electron chi connectivity index (χ1n) is 5.00. The number of benzene rings is 1. The predicted octanol–water partition coefficient (Wildman–Crippen LogP) is 1.28. The second-order valence-corrected chi connectivity index (χ2v) is 6.03. The van der Waals surface area contributed by atoms with E-state index < -0.39 is 15.7 Å². The van der Waals surface area contributed by atoms with Gasteiger partial charge in [0.1, 0.15) is 4.90 Å². The molecule has 0 saturated carbocycles. The van der Waals surface area contributed by atoms with Crippen LogP contribution in [0.2, 0.25) is 0 Å². The van der Waals surface area contributed by atoms with Crippen molar-refractivity contribution >= 4 is 45.9 Å². The minimum Gasteiger partial charge on any atom is -0.623 e. The largest absolute Gasteiger partial charge is 0.623 e. The molecular formula is C11H15NNaO4S. The van der Waals surface area contributed by atoms with Gasteiger partial charge in [-0.2, -0.15) is 8.42 Å². The molecule has 1 rings (SSSR count). The first kappa shape index (κ1) is 17.6. The molecule has 0 aliphatic heterocycles. The van der Waals surface area contributed by atoms with Crippen molar-refractivity contribution in [2.45, 2.75) is 31.2 Å². The zero-order valence-electron chi connectivity index (χ0n) is 10.9. The Bertz CT molecular complexity index is 546. The predicted molar refractivity (Wildman–Crippen MR) is 70.6 cm³/mol. The molecule has 0 bridgehead atoms. The molecule has 0 aromatic heterocycles. The van der Waals surface area contributed by atoms with Crippen molar-refractivity contribution in [3.63, 3.8) is 0 Å². The van der Waals surface area contributed by atoms with Crippen molar-refractivity contribution in [3.05, 3.63) is 35.0 Å². The van der Waals surface area contributed by atoms with Crippen molar-refractivity contribution in [1.29, 1.82) is 0 Å². The maximum atomic E-state index is 11.7. The van der Waals surface area contributed by atoms with E-state index in [1.807, 2.05) is 0 Å². The molecule has 1 N–H and O–H groups in total. The van der Waals surface area contributed by atoms with Gasteiger partial charge in [0, 0.05) is 50.3 Å². The van der Waals surface area contributed by atoms with Crippen molar-refractivity contribution < 1.29 is 17.7 Å². The SMILES string of the molecule is CC(C)(C)[N+]([O-])=Cc1ccccc1S(=O)(=O)O.[Na]. The Morgan fingerprint density at radius 1 is 1.28 bits per heavy atom. The zero-order chi connectivity index (χ0) is 13.3. The molecule has 0 saturated heterocycles. The van der Waals surface area contributed by atoms with Crippen LogP contribution in [0.5, 0.6) is 0 Å². The normalized spacial score (nSPS) is 13.0. The van der Waals surface area contributed by atoms with Crippen LogP contribution in [0.4, 0.5) is 0 Å². The molecule has 1 aromatic carbocycles. The van der Waals surface area contributed by atoms with E-state index in [0.29, 0.717) is 4.74 Å². The van der Waals surface area contributed by atoms with Gasteiger partial charge in [0.25, 0.3) is 10.1 Å². The molecule has 0 fully saturated rings. The van der Waals surface area contributed by atoms with Crippen LogP contribution in [0.15, 0.2) is 29.2 Å². The monoisotopic (exact) mass is 280 g/mol. The van der Waals surface area contributed by atoms with Crippen LogP contribution < -0.4 is 0 Å². The standard InChI is InChI=1S/C11H15NO4S.Na/c1-11(2,3)12(13)8-9-6-4-5-7-10(9)17(14,15)16;/h4-8H,1-3H3,(H,14,15,16);. The molecule has 0 heterocycles. The molecule has 5 nitrogen and oxygen atoms in total. The van der Waals surface area contributed by atoms with Crippen LogP contribution in [0, 0.1) is 5.21 Å². The topological polar surface area (TPSA) is 80.4 Å². The molecule has 1 radical (unpaired) electrons. The Kier molecular flexibility index (Phi) is 6.03. The smallest absolute Gasteiger partial charge is 0.295 e. The molecule has 18 heavy (non-hydrogen) atoms. The number of nitrogens with zero attached hydrogens (tertiary/aromatic N) is 1. The summed E-state index contributed by atoms with van der Waals surface area (Å²) in [5.41, 5.74) is -0.508. The van der Waals surface area contributed by atoms with Crippen LogP contribution >= 0.6 is 0 Å². The summed E-state index contributed by atoms with van der Waals surface area (Å²) in [6, 6.07) is 5.78. The van der Waals surface area contributed by atoms with Crippen LogP contribution in [-0.4, -0.2) is 59.0 Å². The molecule has 0 atom stereocenters. The van der Waals surface area contributed by atoms with Gasteiger partial charge in [-0.1, -0.05) is 12.1 Å². The third kappa shape index (κ3) is 4.70. The fourth-order valence-electron chi connectivity index (χ4n) is 1.14. The van der Waals surface area contributed by atoms with Crippen LogP contribution in [0.3, 0.4) is 0 Å². The van der Waals surface area contributed by atoms with Crippen molar-refractivity contribution in [3.8, 4) is 0 Å². The van der Waals surface area contributed by atoms with Crippen molar-refractivity contribution in [2.24, 2.45) is 0 Å². The Morgan fingerprint density at radius 2 is 1.78 bits per heavy atom. The Morgan fingerprint density at radius 3 is 2.22 bits per heavy atom. The average molecular weight is 280 g/mol. The van der Waals surface area contributed by atoms with E-state index in [4.69, 9.17) is 4.55 Å². The summed E-state index contributed by atoms with van der Waals surface area (Å²) < 4.78 is 31.9. The molecule has 0 aliphatic rings. The number of hydrogen-bond acceptors (Lipinski definition) is 3. The van der Waals surface area contributed by atoms with Crippen LogP contribution in [0.25, 0.3) is 0 Å². The zero-order valence-corrected chi connectivity index (χ0v) is 13.7. The minimum absolute atomic E-state index is 0. The summed E-state index contributed by atoms with van der Waals surface area (Å²) in [7, 11) is -4.32. The molecule has 1 aromatic rings. The van der Waals surface area contributed by atoms with Crippen molar-refractivity contribution in [1.82, 2.24) is 0 Å². The Labute approximate surface area is 129 Å². The van der Waals surface area contributed by atoms with Gasteiger partial charge in [0.2, 0.25) is 0 Å². The number of hydrogen-bond donors (Lipinski definition) is 1. The van der Waals surface area contributed by atoms with Crippen LogP contribution in [0.1, 0.15) is 26.3 Å². The fourth-order valence-corrected chi connectivity index (χ4v) is 1.81. The van der Waals surface area contributed by atoms with E-state index in [0.717, 1.165) is 6.21 Å². The van der Waals surface area contributed by atoms with Gasteiger partial charge < -0.3 is 5.21 Å². The van der Waals surface area contributed by atoms with Crippen LogP contribution in [-0.2, 0) is 10.1 Å². The first-order chi connectivity index (χ1) is 7.62. The molecular weight excluding hydrogens is 265 g/mol. The van der Waals surface area contributed by atoms with Gasteiger partial charge in [-0.15, -0.1) is 0 Å². The second-order valence-electron chi connectivity index (χ2n) is 4.64. The Hall–Kier alpha value is -0.400. The molecule has 95 valence electrons. The molecule has 0 spiro atoms. The summed E-state index contributed by atoms with van der Waals surface area (Å²) in [5.74, 6) is 0. The van der Waals surface area contributed by atoms with E-state index in [9.17, 15) is 13.6 Å². The minimum atomic E-state index is -4.32. The van der Waals surface area contributed by atoms with E-state index in [2.05, 4.69) is 0 Å². The van der Waals surface area contributed by atoms with Gasteiger partial charge in [0.05, 0.1) is 5.56 Å². The van der Waals surface area contributed by atoms with Gasteiger partial charge in [0.15, 0.2) is 11.8 Å². The summed E-state index contributed by atoms with van der Waals surface area (Å²) >= 11 is 0. The second kappa shape index (κ2) is 6.16. The summed E-state index contributed by atoms with van der Waals surface area (Å²) in [6.45, 7) is 5.10. The van der Waals surface area contributed by atoms with E-state index >= 15 is 0 Å². The number of hydroxylamine groups is 1. The molecule has 0 unspecified atom stereocenters. The molecule has 0 aliphatic carbocycles. The maximum Gasteiger partial charge on any atom is 0.295 e. The van der Waals surface area contributed by atoms with E-state index in [1.165, 1.54) is 18.2 Å². The van der Waals surface area contributed by atoms with Gasteiger partial charge >= 0.3 is 0 Å². The molecule has 0 amide bonds. The molecule has 7 heteroatoms. The average Bonchev–Trinajstić information content (AvgIpc) is 2.15. The first-order valence-corrected chi connectivity index (χ1v) is 6.44. The van der Waals surface area contributed by atoms with Gasteiger partial charge in [-0.05, 0) is 12.1 Å². The fraction of sp³-hybridized carbons (Fsp3) is 0.364. The summed E-state index contributed by atoms with van der Waals surface area (Å²) in [4.78, 5) is -0.273. The van der Waals surface area contributed by atoms with E-state index in [-0.39, 0.29) is 40.0 Å². The third-order valence-corrected chi connectivity index (χ3v) is 3.04. The van der Waals surface area contributed by atoms with Gasteiger partial charge in [-0.25, -0.2) is 4.74 Å². The summed E-state index contributed by atoms with van der Waals surface area (Å²) in [6.07, 6.45) is 1.16. The summed E-state index contributed by atoms with van der Waals surface area (Å²) in [5, 5.41) is 11.7. The maximum absolute atomic E-state index is 11.7.